The highest BCUT2D eigenvalue weighted by atomic mass is 32.1. The molecule has 0 saturated heterocycles. The molecule has 2 aromatic heterocycles. The van der Waals surface area contributed by atoms with E-state index in [0.717, 1.165) is 30.0 Å². The predicted molar refractivity (Wildman–Crippen MR) is 63.6 cm³/mol. The van der Waals surface area contributed by atoms with Crippen LogP contribution in [0.15, 0.2) is 10.9 Å². The zero-order chi connectivity index (χ0) is 11.4. The van der Waals surface area contributed by atoms with E-state index in [1.165, 1.54) is 0 Å². The Morgan fingerprint density at radius 3 is 2.81 bits per heavy atom. The van der Waals surface area contributed by atoms with Gasteiger partial charge in [-0.3, -0.25) is 0 Å². The molecule has 0 fully saturated rings. The molecule has 0 spiro atoms. The minimum absolute atomic E-state index is 0.582. The second-order valence-corrected chi connectivity index (χ2v) is 4.18. The maximum atomic E-state index is 4.29. The molecule has 2 aromatic rings. The van der Waals surface area contributed by atoms with Gasteiger partial charge in [-0.25, -0.2) is 9.97 Å². The Bertz CT molecular complexity index is 454. The van der Waals surface area contributed by atoms with E-state index in [0.29, 0.717) is 5.95 Å². The number of anilines is 1. The van der Waals surface area contributed by atoms with Gasteiger partial charge >= 0.3 is 0 Å². The van der Waals surface area contributed by atoms with Crippen LogP contribution in [0.4, 0.5) is 5.95 Å². The van der Waals surface area contributed by atoms with Gasteiger partial charge in [-0.2, -0.15) is 5.10 Å². The Labute approximate surface area is 98.0 Å². The van der Waals surface area contributed by atoms with Gasteiger partial charge in [0.2, 0.25) is 5.95 Å². The first-order valence-corrected chi connectivity index (χ1v) is 5.99. The first kappa shape index (κ1) is 10.9. The van der Waals surface area contributed by atoms with Crippen molar-refractivity contribution in [2.24, 2.45) is 0 Å². The minimum Gasteiger partial charge on any atom is -0.353 e. The molecular formula is C10H13N5S. The Balaban J connectivity index is 1.87. The van der Waals surface area contributed by atoms with Crippen LogP contribution in [-0.4, -0.2) is 26.7 Å². The highest BCUT2D eigenvalue weighted by molar-refractivity contribution is 7.07. The maximum absolute atomic E-state index is 4.29. The lowest BCUT2D eigenvalue weighted by Crippen LogP contribution is -2.10. The normalized spacial score (nSPS) is 10.4. The SMILES string of the molecule is Cc1nnc(NCCc2cscn2)nc1C. The molecular weight excluding hydrogens is 222 g/mol. The highest BCUT2D eigenvalue weighted by Gasteiger charge is 2.01. The van der Waals surface area contributed by atoms with Crippen LogP contribution in [-0.2, 0) is 6.42 Å². The Kier molecular flexibility index (Phi) is 3.40. The van der Waals surface area contributed by atoms with Crippen molar-refractivity contribution in [2.75, 3.05) is 11.9 Å². The molecule has 5 nitrogen and oxygen atoms in total. The van der Waals surface area contributed by atoms with E-state index in [-0.39, 0.29) is 0 Å². The zero-order valence-electron chi connectivity index (χ0n) is 9.27. The number of aromatic nitrogens is 4. The third-order valence-corrected chi connectivity index (χ3v) is 2.87. The summed E-state index contributed by atoms with van der Waals surface area (Å²) in [6, 6.07) is 0. The van der Waals surface area contributed by atoms with Crippen LogP contribution in [0.3, 0.4) is 0 Å². The fraction of sp³-hybridized carbons (Fsp3) is 0.400. The maximum Gasteiger partial charge on any atom is 0.242 e. The van der Waals surface area contributed by atoms with Crippen LogP contribution in [0, 0.1) is 13.8 Å². The molecule has 2 heterocycles. The molecule has 0 aliphatic heterocycles. The van der Waals surface area contributed by atoms with Gasteiger partial charge in [-0.15, -0.1) is 16.4 Å². The molecule has 0 amide bonds. The number of nitrogens with one attached hydrogen (secondary N) is 1. The number of hydrogen-bond acceptors (Lipinski definition) is 6. The van der Waals surface area contributed by atoms with E-state index < -0.39 is 0 Å². The van der Waals surface area contributed by atoms with Crippen LogP contribution >= 0.6 is 11.3 Å². The fourth-order valence-corrected chi connectivity index (χ4v) is 1.79. The summed E-state index contributed by atoms with van der Waals surface area (Å²) in [4.78, 5) is 8.49. The second-order valence-electron chi connectivity index (χ2n) is 3.46. The van der Waals surface area contributed by atoms with Crippen LogP contribution in [0.25, 0.3) is 0 Å². The van der Waals surface area contributed by atoms with E-state index in [2.05, 4.69) is 25.5 Å². The molecule has 16 heavy (non-hydrogen) atoms. The van der Waals surface area contributed by atoms with E-state index in [1.807, 2.05) is 24.7 Å². The lowest BCUT2D eigenvalue weighted by atomic mass is 10.3. The standard InChI is InChI=1S/C10H13N5S/c1-7-8(2)14-15-10(13-7)11-4-3-9-5-16-6-12-9/h5-6H,3-4H2,1-2H3,(H,11,13,15). The predicted octanol–water partition coefficient (Wildman–Crippen LogP) is 1.60. The van der Waals surface area contributed by atoms with Crippen molar-refractivity contribution in [1.29, 1.82) is 0 Å². The molecule has 1 N–H and O–H groups in total. The molecule has 0 bridgehead atoms. The smallest absolute Gasteiger partial charge is 0.242 e. The molecule has 0 aliphatic carbocycles. The Morgan fingerprint density at radius 1 is 1.25 bits per heavy atom. The summed E-state index contributed by atoms with van der Waals surface area (Å²) in [6.45, 7) is 4.60. The topological polar surface area (TPSA) is 63.6 Å². The van der Waals surface area contributed by atoms with Crippen molar-refractivity contribution in [3.8, 4) is 0 Å². The van der Waals surface area contributed by atoms with E-state index >= 15 is 0 Å². The van der Waals surface area contributed by atoms with Crippen LogP contribution in [0.1, 0.15) is 17.1 Å². The number of nitrogens with zero attached hydrogens (tertiary/aromatic N) is 4. The summed E-state index contributed by atoms with van der Waals surface area (Å²) in [5.74, 6) is 0.582. The fourth-order valence-electron chi connectivity index (χ4n) is 1.20. The molecule has 0 saturated carbocycles. The van der Waals surface area contributed by atoms with Gasteiger partial charge in [0.1, 0.15) is 0 Å². The van der Waals surface area contributed by atoms with Gasteiger partial charge in [0.15, 0.2) is 0 Å². The van der Waals surface area contributed by atoms with Crippen molar-refractivity contribution in [2.45, 2.75) is 20.3 Å². The van der Waals surface area contributed by atoms with Gasteiger partial charge in [-0.05, 0) is 13.8 Å². The summed E-state index contributed by atoms with van der Waals surface area (Å²) in [5.41, 5.74) is 4.70. The molecule has 6 heteroatoms. The van der Waals surface area contributed by atoms with Crippen molar-refractivity contribution < 1.29 is 0 Å². The van der Waals surface area contributed by atoms with Crippen LogP contribution < -0.4 is 5.32 Å². The highest BCUT2D eigenvalue weighted by Crippen LogP contribution is 2.04. The van der Waals surface area contributed by atoms with E-state index in [4.69, 9.17) is 0 Å². The van der Waals surface area contributed by atoms with E-state index in [9.17, 15) is 0 Å². The minimum atomic E-state index is 0.582. The quantitative estimate of drug-likeness (QED) is 0.872. The first-order valence-electron chi connectivity index (χ1n) is 5.04. The number of thiazole rings is 1. The van der Waals surface area contributed by atoms with Gasteiger partial charge in [0, 0.05) is 18.3 Å². The third-order valence-electron chi connectivity index (χ3n) is 2.24. The monoisotopic (exact) mass is 235 g/mol. The van der Waals surface area contributed by atoms with Crippen molar-refractivity contribution >= 4 is 17.3 Å². The van der Waals surface area contributed by atoms with Gasteiger partial charge in [-0.1, -0.05) is 0 Å². The summed E-state index contributed by atoms with van der Waals surface area (Å²) in [6.07, 6.45) is 0.875. The van der Waals surface area contributed by atoms with Gasteiger partial charge in [0.05, 0.1) is 22.6 Å². The summed E-state index contributed by atoms with van der Waals surface area (Å²) in [5, 5.41) is 13.1. The summed E-state index contributed by atoms with van der Waals surface area (Å²) < 4.78 is 0. The van der Waals surface area contributed by atoms with Crippen LogP contribution in [0.5, 0.6) is 0 Å². The number of hydrogen-bond donors (Lipinski definition) is 1. The molecule has 84 valence electrons. The third kappa shape index (κ3) is 2.73. The number of aryl methyl sites for hydroxylation is 2. The van der Waals surface area contributed by atoms with E-state index in [1.54, 1.807) is 11.3 Å². The lowest BCUT2D eigenvalue weighted by Gasteiger charge is -2.04. The zero-order valence-corrected chi connectivity index (χ0v) is 10.1. The molecule has 0 atom stereocenters. The molecule has 0 aliphatic rings. The van der Waals surface area contributed by atoms with Crippen molar-refractivity contribution in [3.63, 3.8) is 0 Å². The molecule has 0 unspecified atom stereocenters. The van der Waals surface area contributed by atoms with Crippen molar-refractivity contribution in [3.05, 3.63) is 28.0 Å². The average Bonchev–Trinajstić information content (AvgIpc) is 2.76. The second kappa shape index (κ2) is 4.98. The molecule has 0 aromatic carbocycles. The lowest BCUT2D eigenvalue weighted by molar-refractivity contribution is 0.873. The van der Waals surface area contributed by atoms with Crippen molar-refractivity contribution in [1.82, 2.24) is 20.2 Å². The Morgan fingerprint density at radius 2 is 2.12 bits per heavy atom. The first-order chi connectivity index (χ1) is 7.75. The summed E-state index contributed by atoms with van der Waals surface area (Å²) in [7, 11) is 0. The average molecular weight is 235 g/mol. The molecule has 2 rings (SSSR count). The molecule has 0 radical (unpaired) electrons. The number of rotatable bonds is 4. The summed E-state index contributed by atoms with van der Waals surface area (Å²) >= 11 is 1.61. The van der Waals surface area contributed by atoms with Gasteiger partial charge in [0.25, 0.3) is 0 Å². The van der Waals surface area contributed by atoms with Crippen LogP contribution in [0.2, 0.25) is 0 Å². The van der Waals surface area contributed by atoms with Gasteiger partial charge < -0.3 is 5.32 Å². The largest absolute Gasteiger partial charge is 0.353 e. The Hall–Kier alpha value is -1.56.